The molecule has 0 unspecified atom stereocenters. The summed E-state index contributed by atoms with van der Waals surface area (Å²) in [4.78, 5) is 29.9. The Balaban J connectivity index is 1.73. The van der Waals surface area contributed by atoms with Gasteiger partial charge in [0, 0.05) is 42.9 Å². The highest BCUT2D eigenvalue weighted by Crippen LogP contribution is 2.22. The molecule has 0 aliphatic rings. The lowest BCUT2D eigenvalue weighted by molar-refractivity contribution is 0.0466. The van der Waals surface area contributed by atoms with Crippen LogP contribution in [0.5, 0.6) is 0 Å². The lowest BCUT2D eigenvalue weighted by atomic mass is 10.1. The van der Waals surface area contributed by atoms with Gasteiger partial charge in [0.25, 0.3) is 0 Å². The molecular weight excluding hydrogens is 414 g/mol. The number of rotatable bonds is 10. The molecule has 0 saturated carbocycles. The molecule has 0 atom stereocenters. The predicted molar refractivity (Wildman–Crippen MR) is 120 cm³/mol. The highest BCUT2D eigenvalue weighted by Gasteiger charge is 2.22. The minimum Gasteiger partial charge on any atom is -0.453 e. The number of carbonyl (C=O) groups excluding carboxylic acids is 2. The van der Waals surface area contributed by atoms with Crippen LogP contribution in [0.3, 0.4) is 0 Å². The molecule has 164 valence electrons. The normalized spacial score (nSPS) is 11.0. The van der Waals surface area contributed by atoms with Gasteiger partial charge in [0.1, 0.15) is 0 Å². The minimum absolute atomic E-state index is 0.227. The lowest BCUT2D eigenvalue weighted by Gasteiger charge is -2.11. The maximum absolute atomic E-state index is 12.8. The summed E-state index contributed by atoms with van der Waals surface area (Å²) in [6, 6.07) is 11.3. The van der Waals surface area contributed by atoms with Crippen LogP contribution in [0.1, 0.15) is 38.7 Å². The number of ketones is 1. The summed E-state index contributed by atoms with van der Waals surface area (Å²) in [5, 5.41) is 0.670. The molecule has 0 amide bonds. The number of Topliss-reactive ketones (excluding diaryl/α,β-unsaturated/α-hetero) is 1. The monoisotopic (exact) mass is 441 g/mol. The number of aryl methyl sites for hydroxylation is 1. The van der Waals surface area contributed by atoms with E-state index in [1.54, 1.807) is 11.7 Å². The predicted octanol–water partition coefficient (Wildman–Crippen LogP) is 4.09. The Morgan fingerprint density at radius 1 is 1.16 bits per heavy atom. The molecule has 0 spiro atoms. The van der Waals surface area contributed by atoms with Crippen molar-refractivity contribution >= 4 is 23.5 Å². The smallest absolute Gasteiger partial charge is 0.357 e. The first-order valence-electron chi connectivity index (χ1n) is 10.0. The Morgan fingerprint density at radius 3 is 2.58 bits per heavy atom. The Morgan fingerprint density at radius 2 is 1.90 bits per heavy atom. The number of carbonyl (C=O) groups is 2. The molecule has 8 heteroatoms. The molecule has 3 aromatic rings. The van der Waals surface area contributed by atoms with Crippen LogP contribution in [0.25, 0.3) is 5.69 Å². The molecule has 0 N–H and O–H groups in total. The number of hydrogen-bond acceptors (Lipinski definition) is 6. The van der Waals surface area contributed by atoms with Crippen molar-refractivity contribution in [1.82, 2.24) is 14.1 Å². The van der Waals surface area contributed by atoms with Gasteiger partial charge in [-0.3, -0.25) is 9.36 Å². The summed E-state index contributed by atoms with van der Waals surface area (Å²) in [6.07, 6.45) is 4.23. The van der Waals surface area contributed by atoms with E-state index < -0.39 is 5.97 Å². The van der Waals surface area contributed by atoms with Crippen LogP contribution in [0.15, 0.2) is 47.8 Å². The fourth-order valence-electron chi connectivity index (χ4n) is 3.53. The second-order valence-electron chi connectivity index (χ2n) is 7.08. The van der Waals surface area contributed by atoms with Gasteiger partial charge in [0.2, 0.25) is 5.78 Å². The highest BCUT2D eigenvalue weighted by atomic mass is 32.2. The fraction of sp³-hybridized carbons (Fsp3) is 0.348. The standard InChI is InChI=1S/C23H27N3O4S/c1-16-13-19(17(2)25(16)11-8-12-29-3)21(27)15-30-22(28)20-14-24-23(31-4)26(20)18-9-6-5-7-10-18/h5-7,9-10,13-14H,8,11-12,15H2,1-4H3. The van der Waals surface area contributed by atoms with E-state index in [1.807, 2.05) is 56.5 Å². The third-order valence-electron chi connectivity index (χ3n) is 5.07. The van der Waals surface area contributed by atoms with Gasteiger partial charge >= 0.3 is 5.97 Å². The Kier molecular flexibility index (Phi) is 7.70. The number of ether oxygens (including phenoxy) is 2. The summed E-state index contributed by atoms with van der Waals surface area (Å²) < 4.78 is 14.3. The quantitative estimate of drug-likeness (QED) is 0.204. The SMILES string of the molecule is COCCCn1c(C)cc(C(=O)COC(=O)c2cnc(SC)n2-c2ccccc2)c1C. The zero-order valence-electron chi connectivity index (χ0n) is 18.3. The van der Waals surface area contributed by atoms with Crippen LogP contribution in [0.4, 0.5) is 0 Å². The van der Waals surface area contributed by atoms with E-state index in [-0.39, 0.29) is 18.1 Å². The van der Waals surface area contributed by atoms with E-state index in [9.17, 15) is 9.59 Å². The molecule has 1 aromatic carbocycles. The van der Waals surface area contributed by atoms with Gasteiger partial charge in [-0.1, -0.05) is 30.0 Å². The molecular formula is C23H27N3O4S. The molecule has 0 aliphatic heterocycles. The van der Waals surface area contributed by atoms with Crippen LogP contribution < -0.4 is 0 Å². The van der Waals surface area contributed by atoms with Crippen molar-refractivity contribution in [3.05, 3.63) is 65.2 Å². The van der Waals surface area contributed by atoms with Gasteiger partial charge in [-0.15, -0.1) is 0 Å². The van der Waals surface area contributed by atoms with Crippen molar-refractivity contribution in [3.63, 3.8) is 0 Å². The van der Waals surface area contributed by atoms with Crippen molar-refractivity contribution < 1.29 is 19.1 Å². The van der Waals surface area contributed by atoms with Crippen LogP contribution in [0.2, 0.25) is 0 Å². The molecule has 2 heterocycles. The first-order valence-corrected chi connectivity index (χ1v) is 11.2. The summed E-state index contributed by atoms with van der Waals surface area (Å²) >= 11 is 1.43. The summed E-state index contributed by atoms with van der Waals surface area (Å²) in [6.45, 7) is 4.97. The first kappa shape index (κ1) is 22.8. The molecule has 0 radical (unpaired) electrons. The minimum atomic E-state index is -0.584. The number of nitrogens with zero attached hydrogens (tertiary/aromatic N) is 3. The second-order valence-corrected chi connectivity index (χ2v) is 7.86. The molecule has 3 rings (SSSR count). The van der Waals surface area contributed by atoms with E-state index in [4.69, 9.17) is 9.47 Å². The average Bonchev–Trinajstić information content (AvgIpc) is 3.34. The Bertz CT molecular complexity index is 1060. The van der Waals surface area contributed by atoms with Crippen molar-refractivity contribution in [3.8, 4) is 5.69 Å². The molecule has 0 aliphatic carbocycles. The van der Waals surface area contributed by atoms with Crippen LogP contribution >= 0.6 is 11.8 Å². The summed E-state index contributed by atoms with van der Waals surface area (Å²) in [5.74, 6) is -0.811. The molecule has 0 saturated heterocycles. The number of hydrogen-bond donors (Lipinski definition) is 0. The molecule has 31 heavy (non-hydrogen) atoms. The first-order chi connectivity index (χ1) is 15.0. The number of aromatic nitrogens is 3. The van der Waals surface area contributed by atoms with E-state index in [0.717, 1.165) is 30.0 Å². The van der Waals surface area contributed by atoms with Gasteiger partial charge in [-0.2, -0.15) is 0 Å². The number of benzene rings is 1. The summed E-state index contributed by atoms with van der Waals surface area (Å²) in [7, 11) is 1.67. The number of imidazole rings is 1. The zero-order chi connectivity index (χ0) is 22.4. The average molecular weight is 442 g/mol. The number of thioether (sulfide) groups is 1. The Labute approximate surface area is 186 Å². The highest BCUT2D eigenvalue weighted by molar-refractivity contribution is 7.98. The largest absolute Gasteiger partial charge is 0.453 e. The van der Waals surface area contributed by atoms with Crippen molar-refractivity contribution in [2.45, 2.75) is 32.0 Å². The third-order valence-corrected chi connectivity index (χ3v) is 5.73. The number of esters is 1. The van der Waals surface area contributed by atoms with Gasteiger partial charge in [0.15, 0.2) is 17.5 Å². The van der Waals surface area contributed by atoms with Gasteiger partial charge in [-0.25, -0.2) is 9.78 Å². The Hall–Kier alpha value is -2.84. The van der Waals surface area contributed by atoms with E-state index in [1.165, 1.54) is 18.0 Å². The zero-order valence-corrected chi connectivity index (χ0v) is 19.1. The van der Waals surface area contributed by atoms with Crippen LogP contribution in [0, 0.1) is 13.8 Å². The lowest BCUT2D eigenvalue weighted by Crippen LogP contribution is -2.17. The van der Waals surface area contributed by atoms with Crippen LogP contribution in [-0.2, 0) is 16.0 Å². The molecule has 7 nitrogen and oxygen atoms in total. The molecule has 2 aromatic heterocycles. The van der Waals surface area contributed by atoms with Gasteiger partial charge in [0.05, 0.1) is 6.20 Å². The van der Waals surface area contributed by atoms with Gasteiger partial charge in [-0.05, 0) is 44.7 Å². The van der Waals surface area contributed by atoms with E-state index in [2.05, 4.69) is 9.55 Å². The summed E-state index contributed by atoms with van der Waals surface area (Å²) in [5.41, 5.74) is 3.53. The van der Waals surface area contributed by atoms with Crippen molar-refractivity contribution in [2.75, 3.05) is 26.6 Å². The topological polar surface area (TPSA) is 75.3 Å². The number of methoxy groups -OCH3 is 1. The number of para-hydroxylation sites is 1. The maximum atomic E-state index is 12.8. The van der Waals surface area contributed by atoms with E-state index >= 15 is 0 Å². The second kappa shape index (κ2) is 10.5. The van der Waals surface area contributed by atoms with Crippen molar-refractivity contribution in [1.29, 1.82) is 0 Å². The van der Waals surface area contributed by atoms with Gasteiger partial charge < -0.3 is 14.0 Å². The van der Waals surface area contributed by atoms with E-state index in [0.29, 0.717) is 17.3 Å². The molecule has 0 fully saturated rings. The maximum Gasteiger partial charge on any atom is 0.357 e. The third kappa shape index (κ3) is 5.08. The van der Waals surface area contributed by atoms with Crippen LogP contribution in [-0.4, -0.2) is 52.5 Å². The fourth-order valence-corrected chi connectivity index (χ4v) is 4.07. The molecule has 0 bridgehead atoms. The van der Waals surface area contributed by atoms with Crippen molar-refractivity contribution in [2.24, 2.45) is 0 Å².